The number of nitrogens with zero attached hydrogens (tertiary/aromatic N) is 2. The van der Waals surface area contributed by atoms with Gasteiger partial charge in [-0.1, -0.05) is 45.9 Å². The van der Waals surface area contributed by atoms with Crippen molar-refractivity contribution in [1.29, 1.82) is 0 Å². The molecule has 1 saturated heterocycles. The molecule has 0 unspecified atom stereocenters. The van der Waals surface area contributed by atoms with Crippen LogP contribution in [0.2, 0.25) is 0 Å². The molecule has 0 aliphatic carbocycles. The largest absolute Gasteiger partial charge is 0.444 e. The number of carbonyl (C=O) groups excluding carboxylic acids is 2. The summed E-state index contributed by atoms with van der Waals surface area (Å²) in [7, 11) is 0. The highest BCUT2D eigenvalue weighted by Gasteiger charge is 2.41. The van der Waals surface area contributed by atoms with E-state index >= 15 is 0 Å². The third kappa shape index (κ3) is 7.44. The molecule has 202 valence electrons. The maximum absolute atomic E-state index is 14.5. The molecule has 0 bridgehead atoms. The Morgan fingerprint density at radius 1 is 1.03 bits per heavy atom. The predicted molar refractivity (Wildman–Crippen MR) is 142 cm³/mol. The average molecular weight is 514 g/mol. The van der Waals surface area contributed by atoms with Gasteiger partial charge in [-0.05, 0) is 74.4 Å². The van der Waals surface area contributed by atoms with Gasteiger partial charge in [0, 0.05) is 24.5 Å². The number of piperidine rings is 1. The lowest BCUT2D eigenvalue weighted by atomic mass is 9.79. The van der Waals surface area contributed by atoms with Gasteiger partial charge in [0.1, 0.15) is 11.4 Å². The molecule has 0 atom stereocenters. The molecule has 7 nitrogen and oxygen atoms in total. The van der Waals surface area contributed by atoms with E-state index in [1.54, 1.807) is 11.0 Å². The molecule has 8 heteroatoms. The zero-order valence-corrected chi connectivity index (χ0v) is 23.0. The monoisotopic (exact) mass is 513 g/mol. The Hall–Kier alpha value is -3.13. The molecule has 0 saturated carbocycles. The fourth-order valence-corrected chi connectivity index (χ4v) is 4.34. The van der Waals surface area contributed by atoms with E-state index in [-0.39, 0.29) is 29.8 Å². The summed E-state index contributed by atoms with van der Waals surface area (Å²) in [6, 6.07) is 12.4. The summed E-state index contributed by atoms with van der Waals surface area (Å²) in [6.45, 7) is 14.0. The number of carbonyl (C=O) groups is 2. The summed E-state index contributed by atoms with van der Waals surface area (Å²) in [6.07, 6.45) is 0.495. The molecule has 0 spiro atoms. The van der Waals surface area contributed by atoms with Gasteiger partial charge < -0.3 is 15.0 Å². The maximum Gasteiger partial charge on any atom is 0.410 e. The van der Waals surface area contributed by atoms with Crippen molar-refractivity contribution in [2.24, 2.45) is 5.41 Å². The molecule has 0 aromatic heterocycles. The standard InChI is InChI=1S/C29H40FN3O4/c1-27(2,3)23-13-12-22(18-24(23)30)31-21-10-8-20(9-11-21)19-33(36)25(34)29(7)14-16-32(17-15-29)26(35)37-28(4,5)6/h8-13,18,31,36H,14-17,19H2,1-7H3. The minimum absolute atomic E-state index is 0.0411. The summed E-state index contributed by atoms with van der Waals surface area (Å²) >= 11 is 0. The number of ether oxygens (including phenoxy) is 1. The zero-order chi connectivity index (χ0) is 27.6. The van der Waals surface area contributed by atoms with Crippen LogP contribution in [0.3, 0.4) is 0 Å². The summed E-state index contributed by atoms with van der Waals surface area (Å²) in [4.78, 5) is 27.0. The van der Waals surface area contributed by atoms with Crippen molar-refractivity contribution in [3.8, 4) is 0 Å². The van der Waals surface area contributed by atoms with Crippen LogP contribution in [0.4, 0.5) is 20.6 Å². The van der Waals surface area contributed by atoms with Crippen molar-refractivity contribution in [1.82, 2.24) is 9.96 Å². The van der Waals surface area contributed by atoms with Gasteiger partial charge in [0.25, 0.3) is 5.91 Å². The molecule has 2 amide bonds. The lowest BCUT2D eigenvalue weighted by Gasteiger charge is -2.39. The lowest BCUT2D eigenvalue weighted by molar-refractivity contribution is -0.181. The van der Waals surface area contributed by atoms with Gasteiger partial charge >= 0.3 is 6.09 Å². The maximum atomic E-state index is 14.5. The summed E-state index contributed by atoms with van der Waals surface area (Å²) < 4.78 is 19.9. The number of halogens is 1. The van der Waals surface area contributed by atoms with Gasteiger partial charge in [-0.25, -0.2) is 14.2 Å². The van der Waals surface area contributed by atoms with Crippen molar-refractivity contribution in [3.05, 3.63) is 59.4 Å². The molecule has 2 aromatic rings. The molecule has 3 rings (SSSR count). The summed E-state index contributed by atoms with van der Waals surface area (Å²) in [5.41, 5.74) is 1.21. The molecule has 1 fully saturated rings. The van der Waals surface area contributed by atoms with Gasteiger partial charge in [0.05, 0.1) is 12.0 Å². The smallest absolute Gasteiger partial charge is 0.410 e. The first-order valence-electron chi connectivity index (χ1n) is 12.7. The Balaban J connectivity index is 1.56. The Morgan fingerprint density at radius 3 is 2.11 bits per heavy atom. The van der Waals surface area contributed by atoms with Crippen molar-refractivity contribution >= 4 is 23.4 Å². The lowest BCUT2D eigenvalue weighted by Crippen LogP contribution is -2.50. The van der Waals surface area contributed by atoms with Crippen LogP contribution >= 0.6 is 0 Å². The van der Waals surface area contributed by atoms with Crippen molar-refractivity contribution < 1.29 is 23.9 Å². The average Bonchev–Trinajstić information content (AvgIpc) is 2.78. The molecule has 2 aromatic carbocycles. The Morgan fingerprint density at radius 2 is 1.59 bits per heavy atom. The van der Waals surface area contributed by atoms with Gasteiger partial charge in [0.2, 0.25) is 0 Å². The third-order valence-electron chi connectivity index (χ3n) is 6.62. The minimum Gasteiger partial charge on any atom is -0.444 e. The number of benzene rings is 2. The SMILES string of the molecule is CC(C)(C)OC(=O)N1CCC(C)(C(=O)N(O)Cc2ccc(Nc3ccc(C(C)(C)C)c(F)c3)cc2)CC1. The van der Waals surface area contributed by atoms with E-state index in [0.29, 0.717) is 37.2 Å². The highest BCUT2D eigenvalue weighted by atomic mass is 19.1. The van der Waals surface area contributed by atoms with Crippen molar-refractivity contribution in [2.75, 3.05) is 18.4 Å². The minimum atomic E-state index is -0.766. The van der Waals surface area contributed by atoms with E-state index in [9.17, 15) is 19.2 Å². The predicted octanol–water partition coefficient (Wildman–Crippen LogP) is 6.62. The van der Waals surface area contributed by atoms with Gasteiger partial charge in [-0.2, -0.15) is 0 Å². The van der Waals surface area contributed by atoms with Crippen LogP contribution in [-0.4, -0.2) is 45.9 Å². The van der Waals surface area contributed by atoms with Gasteiger partial charge in [-0.15, -0.1) is 0 Å². The molecule has 2 N–H and O–H groups in total. The quantitative estimate of drug-likeness (QED) is 0.347. The molecular weight excluding hydrogens is 473 g/mol. The number of anilines is 2. The molecule has 37 heavy (non-hydrogen) atoms. The normalized spacial score (nSPS) is 15.8. The van der Waals surface area contributed by atoms with Crippen LogP contribution in [-0.2, 0) is 21.5 Å². The van der Waals surface area contributed by atoms with Gasteiger partial charge in [-0.3, -0.25) is 10.0 Å². The first kappa shape index (κ1) is 28.4. The fraction of sp³-hybridized carbons (Fsp3) is 0.517. The molecule has 1 aliphatic rings. The van der Waals surface area contributed by atoms with Crippen LogP contribution < -0.4 is 5.32 Å². The fourth-order valence-electron chi connectivity index (χ4n) is 4.34. The number of likely N-dealkylation sites (tertiary alicyclic amines) is 1. The second-order valence-corrected chi connectivity index (χ2v) is 12.2. The van der Waals surface area contributed by atoms with E-state index in [1.807, 2.05) is 78.8 Å². The highest BCUT2D eigenvalue weighted by Crippen LogP contribution is 2.34. The number of nitrogens with one attached hydrogen (secondary N) is 1. The summed E-state index contributed by atoms with van der Waals surface area (Å²) in [5.74, 6) is -0.623. The van der Waals surface area contributed by atoms with Crippen LogP contribution in [0, 0.1) is 11.2 Å². The Kier molecular flexibility index (Phi) is 8.22. The van der Waals surface area contributed by atoms with Crippen molar-refractivity contribution in [3.63, 3.8) is 0 Å². The zero-order valence-electron chi connectivity index (χ0n) is 23.0. The molecule has 1 heterocycles. The van der Waals surface area contributed by atoms with E-state index < -0.39 is 11.0 Å². The van der Waals surface area contributed by atoms with E-state index in [0.717, 1.165) is 16.3 Å². The number of hydrogen-bond donors (Lipinski definition) is 2. The van der Waals surface area contributed by atoms with Crippen LogP contribution in [0.5, 0.6) is 0 Å². The second kappa shape index (κ2) is 10.7. The number of rotatable bonds is 5. The highest BCUT2D eigenvalue weighted by molar-refractivity contribution is 5.82. The third-order valence-corrected chi connectivity index (χ3v) is 6.62. The molecular formula is C29H40FN3O4. The van der Waals surface area contributed by atoms with Crippen LogP contribution in [0.1, 0.15) is 72.4 Å². The second-order valence-electron chi connectivity index (χ2n) is 12.2. The van der Waals surface area contributed by atoms with Crippen LogP contribution in [0.25, 0.3) is 0 Å². The van der Waals surface area contributed by atoms with Gasteiger partial charge in [0.15, 0.2) is 0 Å². The Labute approximate surface area is 219 Å². The number of hydroxylamine groups is 2. The number of amides is 2. The number of hydrogen-bond acceptors (Lipinski definition) is 5. The Bertz CT molecular complexity index is 1110. The topological polar surface area (TPSA) is 82.1 Å². The first-order valence-corrected chi connectivity index (χ1v) is 12.7. The molecule has 1 aliphatic heterocycles. The van der Waals surface area contributed by atoms with E-state index in [2.05, 4.69) is 5.32 Å². The summed E-state index contributed by atoms with van der Waals surface area (Å²) in [5, 5.41) is 14.5. The van der Waals surface area contributed by atoms with E-state index in [4.69, 9.17) is 4.74 Å². The molecule has 0 radical (unpaired) electrons. The van der Waals surface area contributed by atoms with Crippen molar-refractivity contribution in [2.45, 2.75) is 78.9 Å². The van der Waals surface area contributed by atoms with Crippen LogP contribution in [0.15, 0.2) is 42.5 Å². The van der Waals surface area contributed by atoms with E-state index in [1.165, 1.54) is 6.07 Å². The first-order chi connectivity index (χ1) is 17.1.